The number of halogens is 1. The number of anilines is 1. The molecule has 1 heterocycles. The van der Waals surface area contributed by atoms with Gasteiger partial charge in [0, 0.05) is 12.1 Å². The topological polar surface area (TPSA) is 37.8 Å². The molecule has 0 spiro atoms. The van der Waals surface area contributed by atoms with E-state index in [2.05, 4.69) is 15.3 Å². The quantitative estimate of drug-likeness (QED) is 0.859. The molecule has 1 aromatic heterocycles. The van der Waals surface area contributed by atoms with Crippen LogP contribution in [0.2, 0.25) is 0 Å². The Hall–Kier alpha value is -1.97. The van der Waals surface area contributed by atoms with Gasteiger partial charge in [0.05, 0.1) is 18.1 Å². The molecule has 0 radical (unpaired) electrons. The molecule has 0 saturated heterocycles. The van der Waals surface area contributed by atoms with Gasteiger partial charge in [-0.2, -0.15) is 0 Å². The predicted molar refractivity (Wildman–Crippen MR) is 61.6 cm³/mol. The summed E-state index contributed by atoms with van der Waals surface area (Å²) in [6, 6.07) is 6.32. The van der Waals surface area contributed by atoms with Crippen LogP contribution in [0.25, 0.3) is 11.3 Å². The molecule has 2 rings (SSSR count). The minimum Gasteiger partial charge on any atom is -0.369 e. The molecule has 82 valence electrons. The summed E-state index contributed by atoms with van der Waals surface area (Å²) in [6.07, 6.45) is 3.27. The molecule has 1 N–H and O–H groups in total. The monoisotopic (exact) mass is 217 g/mol. The maximum absolute atomic E-state index is 13.0. The first kappa shape index (κ1) is 10.5. The molecule has 0 fully saturated rings. The van der Waals surface area contributed by atoms with Gasteiger partial charge < -0.3 is 5.32 Å². The van der Waals surface area contributed by atoms with E-state index >= 15 is 0 Å². The first-order chi connectivity index (χ1) is 7.79. The minimum atomic E-state index is -0.270. The van der Waals surface area contributed by atoms with E-state index in [-0.39, 0.29) is 5.82 Å². The van der Waals surface area contributed by atoms with Crippen molar-refractivity contribution in [2.75, 3.05) is 11.9 Å². The first-order valence-electron chi connectivity index (χ1n) is 5.11. The van der Waals surface area contributed by atoms with E-state index in [0.29, 0.717) is 11.5 Å². The van der Waals surface area contributed by atoms with Crippen LogP contribution < -0.4 is 5.32 Å². The average molecular weight is 217 g/mol. The van der Waals surface area contributed by atoms with Crippen molar-refractivity contribution >= 4 is 5.82 Å². The van der Waals surface area contributed by atoms with Gasteiger partial charge in [0.15, 0.2) is 0 Å². The number of benzene rings is 1. The predicted octanol–water partition coefficient (Wildman–Crippen LogP) is 2.71. The van der Waals surface area contributed by atoms with Gasteiger partial charge in [0.2, 0.25) is 0 Å². The van der Waals surface area contributed by atoms with Crippen LogP contribution in [0.5, 0.6) is 0 Å². The van der Waals surface area contributed by atoms with E-state index in [4.69, 9.17) is 0 Å². The highest BCUT2D eigenvalue weighted by Gasteiger charge is 2.02. The summed E-state index contributed by atoms with van der Waals surface area (Å²) in [6.45, 7) is 2.76. The highest BCUT2D eigenvalue weighted by molar-refractivity contribution is 5.59. The van der Waals surface area contributed by atoms with Gasteiger partial charge in [0.25, 0.3) is 0 Å². The Morgan fingerprint density at radius 1 is 1.31 bits per heavy atom. The molecule has 0 unspecified atom stereocenters. The van der Waals surface area contributed by atoms with E-state index in [9.17, 15) is 4.39 Å². The third-order valence-corrected chi connectivity index (χ3v) is 2.11. The fraction of sp³-hybridized carbons (Fsp3) is 0.167. The lowest BCUT2D eigenvalue weighted by Gasteiger charge is -2.04. The highest BCUT2D eigenvalue weighted by Crippen LogP contribution is 2.18. The number of nitrogens with zero attached hydrogens (tertiary/aromatic N) is 2. The summed E-state index contributed by atoms with van der Waals surface area (Å²) in [5.41, 5.74) is 1.39. The molecule has 0 aliphatic heterocycles. The second-order valence-corrected chi connectivity index (χ2v) is 3.33. The van der Waals surface area contributed by atoms with Crippen LogP contribution >= 0.6 is 0 Å². The Morgan fingerprint density at radius 2 is 2.19 bits per heavy atom. The van der Waals surface area contributed by atoms with Crippen molar-refractivity contribution in [1.29, 1.82) is 0 Å². The first-order valence-corrected chi connectivity index (χ1v) is 5.11. The van der Waals surface area contributed by atoms with E-state index < -0.39 is 0 Å². The normalized spacial score (nSPS) is 10.1. The van der Waals surface area contributed by atoms with Crippen molar-refractivity contribution in [2.45, 2.75) is 6.92 Å². The SMILES string of the molecule is CCNc1cncc(-c2cccc(F)c2)n1. The van der Waals surface area contributed by atoms with Gasteiger partial charge in [-0.25, -0.2) is 9.37 Å². The fourth-order valence-electron chi connectivity index (χ4n) is 1.42. The summed E-state index contributed by atoms with van der Waals surface area (Å²) in [4.78, 5) is 8.40. The van der Waals surface area contributed by atoms with Crippen LogP contribution in [0.1, 0.15) is 6.92 Å². The second kappa shape index (κ2) is 4.70. The molecule has 0 aliphatic rings. The molecular formula is C12H12FN3. The molecule has 0 amide bonds. The number of hydrogen-bond donors (Lipinski definition) is 1. The van der Waals surface area contributed by atoms with Crippen LogP contribution in [0, 0.1) is 5.82 Å². The van der Waals surface area contributed by atoms with Crippen LogP contribution in [-0.4, -0.2) is 16.5 Å². The zero-order valence-corrected chi connectivity index (χ0v) is 8.94. The molecule has 0 saturated carbocycles. The van der Waals surface area contributed by atoms with Crippen molar-refractivity contribution in [3.8, 4) is 11.3 Å². The van der Waals surface area contributed by atoms with Gasteiger partial charge in [-0.15, -0.1) is 0 Å². The third-order valence-electron chi connectivity index (χ3n) is 2.11. The lowest BCUT2D eigenvalue weighted by Crippen LogP contribution is -2.00. The number of hydrogen-bond acceptors (Lipinski definition) is 3. The molecule has 3 nitrogen and oxygen atoms in total. The maximum atomic E-state index is 13.0. The Kier molecular flexibility index (Phi) is 3.10. The number of rotatable bonds is 3. The molecule has 2 aromatic rings. The van der Waals surface area contributed by atoms with E-state index in [0.717, 1.165) is 12.1 Å². The second-order valence-electron chi connectivity index (χ2n) is 3.33. The molecule has 1 aromatic carbocycles. The van der Waals surface area contributed by atoms with E-state index in [1.165, 1.54) is 12.1 Å². The smallest absolute Gasteiger partial charge is 0.145 e. The van der Waals surface area contributed by atoms with Crippen LogP contribution in [0.15, 0.2) is 36.7 Å². The van der Waals surface area contributed by atoms with Crippen molar-refractivity contribution in [3.63, 3.8) is 0 Å². The lowest BCUT2D eigenvalue weighted by atomic mass is 10.1. The van der Waals surface area contributed by atoms with Crippen molar-refractivity contribution in [2.24, 2.45) is 0 Å². The van der Waals surface area contributed by atoms with Crippen molar-refractivity contribution in [1.82, 2.24) is 9.97 Å². The van der Waals surface area contributed by atoms with E-state index in [1.807, 2.05) is 13.0 Å². The Balaban J connectivity index is 2.36. The van der Waals surface area contributed by atoms with Gasteiger partial charge in [-0.3, -0.25) is 4.98 Å². The van der Waals surface area contributed by atoms with Crippen molar-refractivity contribution in [3.05, 3.63) is 42.5 Å². The third kappa shape index (κ3) is 2.34. The Morgan fingerprint density at radius 3 is 2.94 bits per heavy atom. The van der Waals surface area contributed by atoms with Gasteiger partial charge in [-0.05, 0) is 19.1 Å². The highest BCUT2D eigenvalue weighted by atomic mass is 19.1. The van der Waals surface area contributed by atoms with Crippen LogP contribution in [0.3, 0.4) is 0 Å². The van der Waals surface area contributed by atoms with Crippen LogP contribution in [0.4, 0.5) is 10.2 Å². The zero-order valence-electron chi connectivity index (χ0n) is 8.94. The number of nitrogens with one attached hydrogen (secondary N) is 1. The molecular weight excluding hydrogens is 205 g/mol. The van der Waals surface area contributed by atoms with Crippen molar-refractivity contribution < 1.29 is 4.39 Å². The molecule has 0 atom stereocenters. The molecule has 0 bridgehead atoms. The lowest BCUT2D eigenvalue weighted by molar-refractivity contribution is 0.628. The summed E-state index contributed by atoms with van der Waals surface area (Å²) >= 11 is 0. The summed E-state index contributed by atoms with van der Waals surface area (Å²) in [7, 11) is 0. The van der Waals surface area contributed by atoms with Gasteiger partial charge >= 0.3 is 0 Å². The summed E-state index contributed by atoms with van der Waals surface area (Å²) in [5.74, 6) is 0.428. The van der Waals surface area contributed by atoms with E-state index in [1.54, 1.807) is 18.5 Å². The number of aromatic nitrogens is 2. The van der Waals surface area contributed by atoms with Gasteiger partial charge in [-0.1, -0.05) is 12.1 Å². The molecule has 4 heteroatoms. The molecule has 16 heavy (non-hydrogen) atoms. The standard InChI is InChI=1S/C12H12FN3/c1-2-15-12-8-14-7-11(16-12)9-4-3-5-10(13)6-9/h3-8H,2H2,1H3,(H,15,16). The fourth-order valence-corrected chi connectivity index (χ4v) is 1.42. The minimum absolute atomic E-state index is 0.270. The Bertz CT molecular complexity index is 485. The Labute approximate surface area is 93.4 Å². The zero-order chi connectivity index (χ0) is 11.4. The van der Waals surface area contributed by atoms with Crippen LogP contribution in [-0.2, 0) is 0 Å². The molecule has 0 aliphatic carbocycles. The summed E-state index contributed by atoms with van der Waals surface area (Å²) in [5, 5.41) is 3.06. The maximum Gasteiger partial charge on any atom is 0.145 e. The van der Waals surface area contributed by atoms with Gasteiger partial charge in [0.1, 0.15) is 11.6 Å². The average Bonchev–Trinajstić information content (AvgIpc) is 2.30. The largest absolute Gasteiger partial charge is 0.369 e. The summed E-state index contributed by atoms with van der Waals surface area (Å²) < 4.78 is 13.0.